The van der Waals surface area contributed by atoms with Gasteiger partial charge >= 0.3 is 0 Å². The normalized spacial score (nSPS) is 10.7. The van der Waals surface area contributed by atoms with E-state index in [1.165, 1.54) is 11.9 Å². The van der Waals surface area contributed by atoms with Gasteiger partial charge in [0, 0.05) is 18.1 Å². The predicted octanol–water partition coefficient (Wildman–Crippen LogP) is 4.98. The summed E-state index contributed by atoms with van der Waals surface area (Å²) in [7, 11) is 1.50. The average Bonchev–Trinajstić information content (AvgIpc) is 2.69. The molecule has 2 amide bonds. The van der Waals surface area contributed by atoms with E-state index in [0.717, 1.165) is 5.69 Å². The van der Waals surface area contributed by atoms with Crippen LogP contribution in [-0.4, -0.2) is 41.9 Å². The third kappa shape index (κ3) is 5.14. The molecule has 0 aliphatic heterocycles. The van der Waals surface area contributed by atoms with Crippen molar-refractivity contribution < 1.29 is 14.3 Å². The number of pyridine rings is 1. The fraction of sp³-hybridized carbons (Fsp3) is 0.190. The molecule has 0 spiro atoms. The van der Waals surface area contributed by atoms with Crippen LogP contribution in [0.5, 0.6) is 5.75 Å². The van der Waals surface area contributed by atoms with Crippen LogP contribution >= 0.6 is 34.8 Å². The van der Waals surface area contributed by atoms with Crippen molar-refractivity contribution >= 4 is 63.2 Å². The zero-order chi connectivity index (χ0) is 21.8. The zero-order valence-electron chi connectivity index (χ0n) is 16.2. The minimum Gasteiger partial charge on any atom is -0.480 e. The summed E-state index contributed by atoms with van der Waals surface area (Å²) >= 11 is 18.5. The third-order valence-corrected chi connectivity index (χ3v) is 5.19. The topological polar surface area (TPSA) is 71.5 Å². The first-order valence-corrected chi connectivity index (χ1v) is 10.1. The van der Waals surface area contributed by atoms with Crippen LogP contribution in [0.4, 0.5) is 5.69 Å². The molecule has 6 nitrogen and oxygen atoms in total. The van der Waals surface area contributed by atoms with E-state index >= 15 is 0 Å². The van der Waals surface area contributed by atoms with Gasteiger partial charge in [-0.3, -0.25) is 9.59 Å². The minimum atomic E-state index is -0.406. The van der Waals surface area contributed by atoms with Gasteiger partial charge in [0.25, 0.3) is 5.91 Å². The fourth-order valence-electron chi connectivity index (χ4n) is 2.73. The van der Waals surface area contributed by atoms with Crippen LogP contribution < -0.4 is 10.1 Å². The van der Waals surface area contributed by atoms with Crippen LogP contribution in [0.2, 0.25) is 15.1 Å². The maximum atomic E-state index is 12.5. The Kier molecular flexibility index (Phi) is 7.02. The summed E-state index contributed by atoms with van der Waals surface area (Å²) < 4.78 is 5.66. The molecule has 3 rings (SSSR count). The summed E-state index contributed by atoms with van der Waals surface area (Å²) in [6.45, 7) is 1.34. The first-order chi connectivity index (χ1) is 14.3. The molecule has 3 aromatic rings. The third-order valence-electron chi connectivity index (χ3n) is 4.27. The van der Waals surface area contributed by atoms with Crippen molar-refractivity contribution in [3.8, 4) is 5.75 Å². The molecule has 0 unspecified atom stereocenters. The number of amides is 2. The molecule has 0 saturated heterocycles. The number of benzene rings is 2. The van der Waals surface area contributed by atoms with Crippen molar-refractivity contribution in [3.05, 3.63) is 63.2 Å². The number of rotatable bonds is 6. The first-order valence-electron chi connectivity index (χ1n) is 8.92. The van der Waals surface area contributed by atoms with E-state index in [0.29, 0.717) is 26.6 Å². The number of likely N-dealkylation sites (N-methyl/N-ethyl adjacent to an activating group) is 1. The number of carbonyl (C=O) groups is 2. The monoisotopic (exact) mass is 465 g/mol. The van der Waals surface area contributed by atoms with E-state index in [4.69, 9.17) is 39.5 Å². The molecule has 156 valence electrons. The van der Waals surface area contributed by atoms with Crippen molar-refractivity contribution in [2.75, 3.05) is 25.5 Å². The number of hydrogen-bond acceptors (Lipinski definition) is 4. The van der Waals surface area contributed by atoms with E-state index < -0.39 is 5.91 Å². The Balaban J connectivity index is 1.66. The Morgan fingerprint density at radius 3 is 2.53 bits per heavy atom. The number of nitrogens with zero attached hydrogens (tertiary/aromatic N) is 2. The van der Waals surface area contributed by atoms with E-state index in [9.17, 15) is 9.59 Å². The van der Waals surface area contributed by atoms with Crippen molar-refractivity contribution in [1.29, 1.82) is 0 Å². The number of anilines is 1. The number of aryl methyl sites for hydroxylation is 1. The quantitative estimate of drug-likeness (QED) is 0.556. The van der Waals surface area contributed by atoms with Gasteiger partial charge in [-0.1, -0.05) is 46.9 Å². The Hall–Kier alpha value is -2.54. The zero-order valence-corrected chi connectivity index (χ0v) is 18.5. The van der Waals surface area contributed by atoms with Crippen LogP contribution in [-0.2, 0) is 9.59 Å². The molecular weight excluding hydrogens is 449 g/mol. The van der Waals surface area contributed by atoms with Gasteiger partial charge in [0.15, 0.2) is 12.4 Å². The molecule has 0 bridgehead atoms. The van der Waals surface area contributed by atoms with Crippen molar-refractivity contribution in [2.24, 2.45) is 0 Å². The highest BCUT2D eigenvalue weighted by Crippen LogP contribution is 2.37. The molecule has 0 radical (unpaired) electrons. The van der Waals surface area contributed by atoms with Gasteiger partial charge in [-0.2, -0.15) is 0 Å². The Morgan fingerprint density at radius 1 is 1.07 bits per heavy atom. The van der Waals surface area contributed by atoms with Gasteiger partial charge in [0.2, 0.25) is 5.91 Å². The summed E-state index contributed by atoms with van der Waals surface area (Å²) in [4.78, 5) is 30.3. The molecule has 0 aliphatic carbocycles. The maximum absolute atomic E-state index is 12.5. The minimum absolute atomic E-state index is 0.167. The van der Waals surface area contributed by atoms with Gasteiger partial charge in [-0.05, 0) is 37.3 Å². The largest absolute Gasteiger partial charge is 0.480 e. The lowest BCUT2D eigenvalue weighted by atomic mass is 10.2. The van der Waals surface area contributed by atoms with E-state index in [2.05, 4.69) is 10.3 Å². The van der Waals surface area contributed by atoms with E-state index in [1.807, 2.05) is 19.1 Å². The Morgan fingerprint density at radius 2 is 1.80 bits per heavy atom. The predicted molar refractivity (Wildman–Crippen MR) is 120 cm³/mol. The maximum Gasteiger partial charge on any atom is 0.260 e. The summed E-state index contributed by atoms with van der Waals surface area (Å²) in [5.74, 6) is -0.524. The lowest BCUT2D eigenvalue weighted by molar-refractivity contribution is -0.135. The van der Waals surface area contributed by atoms with Crippen LogP contribution in [0.1, 0.15) is 5.69 Å². The molecule has 0 fully saturated rings. The first kappa shape index (κ1) is 22.2. The molecule has 1 N–H and O–H groups in total. The lowest BCUT2D eigenvalue weighted by Gasteiger charge is -2.18. The number of carbonyl (C=O) groups excluding carboxylic acids is 2. The summed E-state index contributed by atoms with van der Waals surface area (Å²) in [6.07, 6.45) is 0. The molecule has 1 aromatic heterocycles. The van der Waals surface area contributed by atoms with Crippen molar-refractivity contribution in [2.45, 2.75) is 6.92 Å². The lowest BCUT2D eigenvalue weighted by Crippen LogP contribution is -2.37. The van der Waals surface area contributed by atoms with Gasteiger partial charge in [-0.25, -0.2) is 4.98 Å². The number of nitrogens with one attached hydrogen (secondary N) is 1. The molecule has 0 aliphatic rings. The second-order valence-electron chi connectivity index (χ2n) is 6.58. The highest BCUT2D eigenvalue weighted by atomic mass is 35.5. The summed E-state index contributed by atoms with van der Waals surface area (Å²) in [5.41, 5.74) is 1.70. The van der Waals surface area contributed by atoms with E-state index in [1.54, 1.807) is 30.3 Å². The number of ether oxygens (including phenoxy) is 1. The van der Waals surface area contributed by atoms with Crippen molar-refractivity contribution in [1.82, 2.24) is 9.88 Å². The van der Waals surface area contributed by atoms with Crippen LogP contribution in [0, 0.1) is 6.92 Å². The number of halogens is 3. The molecule has 30 heavy (non-hydrogen) atoms. The van der Waals surface area contributed by atoms with Gasteiger partial charge < -0.3 is 15.0 Å². The summed E-state index contributed by atoms with van der Waals surface area (Å²) in [6, 6.07) is 12.0. The highest BCUT2D eigenvalue weighted by Gasteiger charge is 2.18. The highest BCUT2D eigenvalue weighted by molar-refractivity contribution is 6.39. The standard InChI is InChI=1S/C21H18Cl3N3O3/c1-12-7-8-13-15(23)9-16(24)21(20(13)25-12)30-11-19(29)27(2)10-18(28)26-17-6-4-3-5-14(17)22/h3-9H,10-11H2,1-2H3,(H,26,28). The van der Waals surface area contributed by atoms with Crippen LogP contribution in [0.15, 0.2) is 42.5 Å². The molecule has 0 saturated carbocycles. The fourth-order valence-corrected chi connectivity index (χ4v) is 3.48. The second kappa shape index (κ2) is 9.51. The van der Waals surface area contributed by atoms with Gasteiger partial charge in [-0.15, -0.1) is 0 Å². The SMILES string of the molecule is Cc1ccc2c(Cl)cc(Cl)c(OCC(=O)N(C)CC(=O)Nc3ccccc3Cl)c2n1. The van der Waals surface area contributed by atoms with Gasteiger partial charge in [0.05, 0.1) is 27.3 Å². The Labute approximate surface area is 188 Å². The van der Waals surface area contributed by atoms with Crippen LogP contribution in [0.25, 0.3) is 10.9 Å². The second-order valence-corrected chi connectivity index (χ2v) is 7.81. The van der Waals surface area contributed by atoms with Crippen molar-refractivity contribution in [3.63, 3.8) is 0 Å². The average molecular weight is 467 g/mol. The molecule has 9 heteroatoms. The summed E-state index contributed by atoms with van der Waals surface area (Å²) in [5, 5.41) is 4.43. The molecule has 0 atom stereocenters. The van der Waals surface area contributed by atoms with E-state index in [-0.39, 0.29) is 29.8 Å². The number of fused-ring (bicyclic) bond motifs is 1. The molecular formula is C21H18Cl3N3O3. The number of aromatic nitrogens is 1. The smallest absolute Gasteiger partial charge is 0.260 e. The number of para-hydroxylation sites is 1. The van der Waals surface area contributed by atoms with Crippen LogP contribution in [0.3, 0.4) is 0 Å². The Bertz CT molecular complexity index is 1120. The molecule has 2 aromatic carbocycles. The molecule has 1 heterocycles. The number of hydrogen-bond donors (Lipinski definition) is 1. The van der Waals surface area contributed by atoms with Gasteiger partial charge in [0.1, 0.15) is 5.52 Å².